The molecule has 0 aromatic carbocycles. The molecule has 122 valence electrons. The molecule has 1 saturated heterocycles. The fourth-order valence-corrected chi connectivity index (χ4v) is 8.15. The van der Waals surface area contributed by atoms with Gasteiger partial charge in [0.1, 0.15) is 0 Å². The maximum absolute atomic E-state index is 10.6. The van der Waals surface area contributed by atoms with E-state index in [0.717, 1.165) is 0 Å². The zero-order valence-corrected chi connectivity index (χ0v) is 13.2. The summed E-state index contributed by atoms with van der Waals surface area (Å²) in [7, 11) is -4.79. The van der Waals surface area contributed by atoms with Crippen molar-refractivity contribution in [3.8, 4) is 0 Å². The average molecular weight is 383 g/mol. The first-order valence-electron chi connectivity index (χ1n) is 5.85. The van der Waals surface area contributed by atoms with Crippen molar-refractivity contribution in [1.82, 2.24) is 0 Å². The van der Waals surface area contributed by atoms with Gasteiger partial charge in [-0.25, -0.2) is 0 Å². The maximum atomic E-state index is 10.6. The molecule has 0 aromatic heterocycles. The zero-order chi connectivity index (χ0) is 15.5. The van der Waals surface area contributed by atoms with Gasteiger partial charge in [-0.05, 0) is 0 Å². The number of aliphatic hydroxyl groups excluding tert-OH is 5. The third-order valence-electron chi connectivity index (χ3n) is 2.98. The van der Waals surface area contributed by atoms with Gasteiger partial charge in [-0.2, -0.15) is 0 Å². The number of rotatable bonds is 6. The van der Waals surface area contributed by atoms with E-state index in [1.54, 1.807) is 0 Å². The van der Waals surface area contributed by atoms with Crippen molar-refractivity contribution in [2.75, 3.05) is 6.61 Å². The number of hydrogen-bond acceptors (Lipinski definition) is 8. The van der Waals surface area contributed by atoms with Gasteiger partial charge in [0, 0.05) is 0 Å². The SMILES string of the molecule is O=S(=O)(O)O[C@@H](CO)[C@H](O)C[SeH]1C[C@@H](O)C(O)[C@@H](O)C1. The van der Waals surface area contributed by atoms with E-state index >= 15 is 0 Å². The van der Waals surface area contributed by atoms with Crippen LogP contribution in [0.25, 0.3) is 0 Å². The Morgan fingerprint density at radius 3 is 2.10 bits per heavy atom. The summed E-state index contributed by atoms with van der Waals surface area (Å²) >= 11 is -1.93. The van der Waals surface area contributed by atoms with Crippen molar-refractivity contribution in [2.45, 2.75) is 46.5 Å². The Balaban J connectivity index is 2.58. The minimum absolute atomic E-state index is 0.0780. The molecule has 0 spiro atoms. The van der Waals surface area contributed by atoms with Gasteiger partial charge < -0.3 is 0 Å². The second-order valence-electron chi connectivity index (χ2n) is 4.66. The van der Waals surface area contributed by atoms with Crippen molar-refractivity contribution >= 4 is 24.3 Å². The van der Waals surface area contributed by atoms with Crippen LogP contribution in [0.1, 0.15) is 0 Å². The Bertz CT molecular complexity index is 390. The fraction of sp³-hybridized carbons (Fsp3) is 1.00. The topological polar surface area (TPSA) is 165 Å². The summed E-state index contributed by atoms with van der Waals surface area (Å²) in [6.07, 6.45) is -6.24. The van der Waals surface area contributed by atoms with E-state index in [0.29, 0.717) is 0 Å². The van der Waals surface area contributed by atoms with E-state index in [9.17, 15) is 28.8 Å². The van der Waals surface area contributed by atoms with Crippen LogP contribution in [0.5, 0.6) is 0 Å². The number of hydrogen-bond donors (Lipinski definition) is 6. The van der Waals surface area contributed by atoms with Crippen LogP contribution in [-0.2, 0) is 14.6 Å². The van der Waals surface area contributed by atoms with Gasteiger partial charge in [-0.3, -0.25) is 0 Å². The average Bonchev–Trinajstić information content (AvgIpc) is 2.31. The van der Waals surface area contributed by atoms with Crippen molar-refractivity contribution < 1.29 is 42.7 Å². The first-order chi connectivity index (χ1) is 9.14. The molecule has 6 N–H and O–H groups in total. The van der Waals surface area contributed by atoms with Crippen LogP contribution in [0, 0.1) is 0 Å². The van der Waals surface area contributed by atoms with Crippen molar-refractivity contribution in [2.24, 2.45) is 0 Å². The van der Waals surface area contributed by atoms with Gasteiger partial charge in [0.15, 0.2) is 0 Å². The minimum atomic E-state index is -4.79. The Morgan fingerprint density at radius 2 is 1.70 bits per heavy atom. The molecule has 2 unspecified atom stereocenters. The van der Waals surface area contributed by atoms with Crippen LogP contribution in [0.2, 0.25) is 16.0 Å². The standard InChI is InChI=1S/C9H20O9SSe/c10-1-8(18-19(15,16)17)5(11)2-20-3-6(12)9(14)7(13)4-20/h5-14,20H,1-4H2,(H,15,16,17)/t5-,6-,7+,8+,9?/m1/s1. The molecule has 0 radical (unpaired) electrons. The second-order valence-corrected chi connectivity index (χ2v) is 10.8. The third kappa shape index (κ3) is 5.52. The fourth-order valence-electron chi connectivity index (χ4n) is 1.98. The first-order valence-corrected chi connectivity index (χ1v) is 11.2. The molecule has 0 aromatic rings. The molecule has 1 aliphatic heterocycles. The van der Waals surface area contributed by atoms with Gasteiger partial charge in [0.05, 0.1) is 0 Å². The molecule has 1 heterocycles. The molecule has 0 aliphatic carbocycles. The van der Waals surface area contributed by atoms with Gasteiger partial charge in [-0.15, -0.1) is 0 Å². The zero-order valence-electron chi connectivity index (χ0n) is 10.5. The summed E-state index contributed by atoms with van der Waals surface area (Å²) in [6, 6.07) is 0. The van der Waals surface area contributed by atoms with Crippen LogP contribution < -0.4 is 0 Å². The molecule has 0 bridgehead atoms. The summed E-state index contributed by atoms with van der Waals surface area (Å²) in [5.74, 6) is 0. The molecule has 1 fully saturated rings. The van der Waals surface area contributed by atoms with Crippen molar-refractivity contribution in [3.05, 3.63) is 0 Å². The molecule has 1 aliphatic rings. The van der Waals surface area contributed by atoms with Crippen LogP contribution in [-0.4, -0.2) is 89.5 Å². The van der Waals surface area contributed by atoms with Crippen molar-refractivity contribution in [1.29, 1.82) is 0 Å². The second kappa shape index (κ2) is 7.45. The molecular formula is C9H20O9SSe. The molecule has 1 rings (SSSR count). The van der Waals surface area contributed by atoms with E-state index in [1.807, 2.05) is 0 Å². The third-order valence-corrected chi connectivity index (χ3v) is 9.07. The molecular weight excluding hydrogens is 363 g/mol. The predicted molar refractivity (Wildman–Crippen MR) is 69.1 cm³/mol. The van der Waals surface area contributed by atoms with E-state index in [1.165, 1.54) is 0 Å². The predicted octanol–water partition coefficient (Wildman–Crippen LogP) is -3.15. The Kier molecular flexibility index (Phi) is 6.80. The summed E-state index contributed by atoms with van der Waals surface area (Å²) in [4.78, 5) is 0. The van der Waals surface area contributed by atoms with Crippen LogP contribution in [0.4, 0.5) is 0 Å². The van der Waals surface area contributed by atoms with Gasteiger partial charge in [0.2, 0.25) is 0 Å². The Hall–Kier alpha value is 0.189. The monoisotopic (exact) mass is 384 g/mol. The van der Waals surface area contributed by atoms with Gasteiger partial charge in [0.25, 0.3) is 0 Å². The summed E-state index contributed by atoms with van der Waals surface area (Å²) in [6.45, 7) is -0.809. The summed E-state index contributed by atoms with van der Waals surface area (Å²) < 4.78 is 33.8. The van der Waals surface area contributed by atoms with Crippen LogP contribution in [0.3, 0.4) is 0 Å². The normalized spacial score (nSPS) is 36.5. The molecule has 0 amide bonds. The molecule has 9 nitrogen and oxygen atoms in total. The van der Waals surface area contributed by atoms with Gasteiger partial charge >= 0.3 is 120 Å². The Morgan fingerprint density at radius 1 is 1.20 bits per heavy atom. The molecule has 11 heteroatoms. The first kappa shape index (κ1) is 18.2. The van der Waals surface area contributed by atoms with Crippen LogP contribution in [0.15, 0.2) is 0 Å². The van der Waals surface area contributed by atoms with Crippen LogP contribution >= 0.6 is 0 Å². The van der Waals surface area contributed by atoms with Crippen molar-refractivity contribution in [3.63, 3.8) is 0 Å². The van der Waals surface area contributed by atoms with E-state index in [2.05, 4.69) is 4.18 Å². The van der Waals surface area contributed by atoms with Gasteiger partial charge in [-0.1, -0.05) is 0 Å². The number of aliphatic hydroxyl groups is 5. The van der Waals surface area contributed by atoms with E-state index in [-0.39, 0.29) is 16.0 Å². The quantitative estimate of drug-likeness (QED) is 0.205. The summed E-state index contributed by atoms with van der Waals surface area (Å²) in [5, 5.41) is 47.8. The molecule has 0 saturated carbocycles. The Labute approximate surface area is 120 Å². The van der Waals surface area contributed by atoms with E-state index in [4.69, 9.17) is 9.66 Å². The molecule has 6 atom stereocenters. The summed E-state index contributed by atoms with van der Waals surface area (Å²) in [5.41, 5.74) is 0. The molecule has 20 heavy (non-hydrogen) atoms. The van der Waals surface area contributed by atoms with E-state index < -0.39 is 61.4 Å².